The van der Waals surface area contributed by atoms with Crippen LogP contribution in [-0.4, -0.2) is 30.4 Å². The zero-order valence-corrected chi connectivity index (χ0v) is 19.2. The lowest BCUT2D eigenvalue weighted by Crippen LogP contribution is -2.32. The van der Waals surface area contributed by atoms with Crippen molar-refractivity contribution in [3.63, 3.8) is 0 Å². The molecule has 0 saturated heterocycles. The summed E-state index contributed by atoms with van der Waals surface area (Å²) < 4.78 is 27.4. The Bertz CT molecular complexity index is 1390. The van der Waals surface area contributed by atoms with E-state index in [1.165, 1.54) is 36.4 Å². The molecular weight excluding hydrogens is 489 g/mol. The Morgan fingerprint density at radius 3 is 2.27 bits per heavy atom. The highest BCUT2D eigenvalue weighted by molar-refractivity contribution is 7.92. The highest BCUT2D eigenvalue weighted by Crippen LogP contribution is 2.30. The average molecular weight is 504 g/mol. The Balaban J connectivity index is 1.52. The molecule has 9 nitrogen and oxygen atoms in total. The topological polar surface area (TPSA) is 121 Å². The molecule has 2 amide bonds. The van der Waals surface area contributed by atoms with Crippen LogP contribution in [0.1, 0.15) is 5.56 Å². The van der Waals surface area contributed by atoms with Crippen LogP contribution in [0.4, 0.5) is 17.2 Å². The maximum absolute atomic E-state index is 12.9. The van der Waals surface area contributed by atoms with Crippen molar-refractivity contribution in [1.29, 1.82) is 0 Å². The number of aryl methyl sites for hydroxylation is 1. The first-order chi connectivity index (χ1) is 15.7. The molecule has 3 aromatic rings. The molecule has 1 aliphatic rings. The first kappa shape index (κ1) is 22.7. The van der Waals surface area contributed by atoms with E-state index in [4.69, 9.17) is 23.2 Å². The van der Waals surface area contributed by atoms with Gasteiger partial charge in [0.1, 0.15) is 10.7 Å². The number of carbonyl (C=O) groups is 2. The van der Waals surface area contributed by atoms with Gasteiger partial charge in [-0.3, -0.25) is 14.3 Å². The number of nitrogens with one attached hydrogen (secondary N) is 2. The van der Waals surface area contributed by atoms with Crippen LogP contribution in [0.25, 0.3) is 0 Å². The Kier molecular flexibility index (Phi) is 6.07. The van der Waals surface area contributed by atoms with E-state index in [1.54, 1.807) is 18.2 Å². The number of aromatic nitrogens is 2. The quantitative estimate of drug-likeness (QED) is 0.492. The minimum absolute atomic E-state index is 0.00448. The molecule has 0 radical (unpaired) electrons. The molecule has 1 aliphatic heterocycles. The fraction of sp³-hybridized carbons (Fsp3) is 0.0476. The second-order valence-corrected chi connectivity index (χ2v) is 9.42. The second-order valence-electron chi connectivity index (χ2n) is 6.97. The van der Waals surface area contributed by atoms with Gasteiger partial charge in [-0.2, -0.15) is 0 Å². The van der Waals surface area contributed by atoms with Crippen molar-refractivity contribution in [3.05, 3.63) is 82.1 Å². The van der Waals surface area contributed by atoms with Gasteiger partial charge in [0.25, 0.3) is 21.8 Å². The first-order valence-electron chi connectivity index (χ1n) is 9.40. The highest BCUT2D eigenvalue weighted by Gasteiger charge is 2.39. The summed E-state index contributed by atoms with van der Waals surface area (Å²) >= 11 is 11.8. The molecule has 33 heavy (non-hydrogen) atoms. The van der Waals surface area contributed by atoms with E-state index in [0.29, 0.717) is 11.4 Å². The lowest BCUT2D eigenvalue weighted by molar-refractivity contribution is -0.120. The van der Waals surface area contributed by atoms with Crippen molar-refractivity contribution in [3.8, 4) is 0 Å². The minimum atomic E-state index is -3.94. The number of hydrogen-bond acceptors (Lipinski definition) is 7. The van der Waals surface area contributed by atoms with E-state index in [9.17, 15) is 18.0 Å². The van der Waals surface area contributed by atoms with Gasteiger partial charge in [-0.1, -0.05) is 35.3 Å². The van der Waals surface area contributed by atoms with Crippen LogP contribution in [-0.2, 0) is 19.6 Å². The number of halogens is 2. The normalized spacial score (nSPS) is 14.1. The molecule has 1 aromatic heterocycles. The molecule has 2 aromatic carbocycles. The van der Waals surface area contributed by atoms with E-state index in [-0.39, 0.29) is 26.6 Å². The largest absolute Gasteiger partial charge is 0.350 e. The van der Waals surface area contributed by atoms with Gasteiger partial charge in [0.15, 0.2) is 11.0 Å². The fourth-order valence-electron chi connectivity index (χ4n) is 3.04. The predicted octanol–water partition coefficient (Wildman–Crippen LogP) is 3.67. The number of rotatable bonds is 6. The zero-order valence-electron chi connectivity index (χ0n) is 16.9. The van der Waals surface area contributed by atoms with Crippen molar-refractivity contribution < 1.29 is 18.0 Å². The average Bonchev–Trinajstić information content (AvgIpc) is 2.99. The highest BCUT2D eigenvalue weighted by atomic mass is 35.5. The zero-order chi connectivity index (χ0) is 23.8. The summed E-state index contributed by atoms with van der Waals surface area (Å²) in [5.41, 5.74) is 1.53. The summed E-state index contributed by atoms with van der Waals surface area (Å²) in [6.07, 6.45) is 0. The molecule has 0 fully saturated rings. The van der Waals surface area contributed by atoms with Crippen LogP contribution >= 0.6 is 23.2 Å². The summed E-state index contributed by atoms with van der Waals surface area (Å²) in [6, 6.07) is 15.2. The molecule has 0 spiro atoms. The number of benzene rings is 2. The van der Waals surface area contributed by atoms with Gasteiger partial charge in [-0.05, 0) is 61.0 Å². The maximum atomic E-state index is 12.9. The summed E-state index contributed by atoms with van der Waals surface area (Å²) in [5, 5.41) is 9.90. The van der Waals surface area contributed by atoms with Gasteiger partial charge < -0.3 is 5.32 Å². The molecule has 4 rings (SSSR count). The van der Waals surface area contributed by atoms with Crippen molar-refractivity contribution >= 4 is 62.2 Å². The number of sulfonamides is 1. The molecule has 0 bridgehead atoms. The Morgan fingerprint density at radius 2 is 1.64 bits per heavy atom. The van der Waals surface area contributed by atoms with Gasteiger partial charge in [0.2, 0.25) is 0 Å². The Morgan fingerprint density at radius 1 is 0.909 bits per heavy atom. The fourth-order valence-corrected chi connectivity index (χ4v) is 4.35. The van der Waals surface area contributed by atoms with Gasteiger partial charge in [-0.25, -0.2) is 13.3 Å². The van der Waals surface area contributed by atoms with Gasteiger partial charge in [-0.15, -0.1) is 10.2 Å². The number of nitrogens with zero attached hydrogens (tertiary/aromatic N) is 3. The number of amides is 2. The lowest BCUT2D eigenvalue weighted by atomic mass is 10.2. The minimum Gasteiger partial charge on any atom is -0.350 e. The Hall–Kier alpha value is -3.47. The van der Waals surface area contributed by atoms with Crippen LogP contribution in [0, 0.1) is 6.92 Å². The molecule has 0 unspecified atom stereocenters. The third-order valence-electron chi connectivity index (χ3n) is 4.59. The number of hydrogen-bond donors (Lipinski definition) is 2. The molecule has 168 valence electrons. The monoisotopic (exact) mass is 503 g/mol. The third kappa shape index (κ3) is 4.68. The van der Waals surface area contributed by atoms with Crippen molar-refractivity contribution in [2.24, 2.45) is 0 Å². The standard InChI is InChI=1S/C21H15Cl2N5O4S/c1-12-3-2-4-14(11-12)28-20(29)18(23)19(21(28)30)24-13-5-7-15(8-6-13)33(31,32)27-17-10-9-16(22)25-26-17/h2-11,24H,1H3,(H,26,27). The molecule has 0 aliphatic carbocycles. The van der Waals surface area contributed by atoms with E-state index in [0.717, 1.165) is 10.5 Å². The van der Waals surface area contributed by atoms with E-state index in [1.807, 2.05) is 13.0 Å². The molecular formula is C21H15Cl2N5O4S. The van der Waals surface area contributed by atoms with Crippen molar-refractivity contribution in [2.45, 2.75) is 11.8 Å². The summed E-state index contributed by atoms with van der Waals surface area (Å²) in [5.74, 6) is -1.26. The first-order valence-corrected chi connectivity index (χ1v) is 11.6. The van der Waals surface area contributed by atoms with Gasteiger partial charge in [0, 0.05) is 5.69 Å². The lowest BCUT2D eigenvalue weighted by Gasteiger charge is -2.15. The summed E-state index contributed by atoms with van der Waals surface area (Å²) in [7, 11) is -3.94. The summed E-state index contributed by atoms with van der Waals surface area (Å²) in [6.45, 7) is 1.84. The van der Waals surface area contributed by atoms with Crippen molar-refractivity contribution in [1.82, 2.24) is 10.2 Å². The predicted molar refractivity (Wildman–Crippen MR) is 124 cm³/mol. The van der Waals surface area contributed by atoms with Crippen LogP contribution in [0.2, 0.25) is 5.15 Å². The maximum Gasteiger partial charge on any atom is 0.283 e. The van der Waals surface area contributed by atoms with Crippen LogP contribution < -0.4 is 14.9 Å². The number of anilines is 3. The molecule has 2 N–H and O–H groups in total. The smallest absolute Gasteiger partial charge is 0.283 e. The second kappa shape index (κ2) is 8.81. The van der Waals surface area contributed by atoms with Crippen LogP contribution in [0.5, 0.6) is 0 Å². The molecule has 2 heterocycles. The van der Waals surface area contributed by atoms with E-state index < -0.39 is 21.8 Å². The van der Waals surface area contributed by atoms with Crippen LogP contribution in [0.3, 0.4) is 0 Å². The molecule has 0 atom stereocenters. The Labute approximate surface area is 199 Å². The summed E-state index contributed by atoms with van der Waals surface area (Å²) in [4.78, 5) is 26.4. The van der Waals surface area contributed by atoms with Gasteiger partial charge >= 0.3 is 0 Å². The number of imide groups is 1. The third-order valence-corrected chi connectivity index (χ3v) is 6.51. The molecule has 12 heteroatoms. The number of carbonyl (C=O) groups excluding carboxylic acids is 2. The van der Waals surface area contributed by atoms with Crippen molar-refractivity contribution in [2.75, 3.05) is 14.9 Å². The SMILES string of the molecule is Cc1cccc(N2C(=O)C(Cl)=C(Nc3ccc(S(=O)(=O)Nc4ccc(Cl)nn4)cc3)C2=O)c1. The van der Waals surface area contributed by atoms with E-state index in [2.05, 4.69) is 20.2 Å². The molecule has 0 saturated carbocycles. The van der Waals surface area contributed by atoms with Gasteiger partial charge in [0.05, 0.1) is 10.6 Å². The van der Waals surface area contributed by atoms with E-state index >= 15 is 0 Å². The van der Waals surface area contributed by atoms with Crippen LogP contribution in [0.15, 0.2) is 76.3 Å².